The molecule has 5 nitrogen and oxygen atoms in total. The van der Waals surface area contributed by atoms with Gasteiger partial charge in [-0.25, -0.2) is 4.98 Å². The van der Waals surface area contributed by atoms with E-state index in [1.165, 1.54) is 4.52 Å². The summed E-state index contributed by atoms with van der Waals surface area (Å²) in [6.45, 7) is 1.88. The monoisotopic (exact) mass is 345 g/mol. The molecule has 0 spiro atoms. The summed E-state index contributed by atoms with van der Waals surface area (Å²) in [6.07, 6.45) is 3.35. The van der Waals surface area contributed by atoms with Crippen LogP contribution in [0.25, 0.3) is 28.2 Å². The van der Waals surface area contributed by atoms with Crippen LogP contribution in [0.5, 0.6) is 0 Å². The zero-order valence-corrected chi connectivity index (χ0v) is 14.1. The third-order valence-corrected chi connectivity index (χ3v) is 4.43. The first-order valence-corrected chi connectivity index (χ1v) is 8.03. The van der Waals surface area contributed by atoms with Gasteiger partial charge in [0, 0.05) is 23.5 Å². The zero-order chi connectivity index (χ0) is 17.4. The van der Waals surface area contributed by atoms with E-state index in [9.17, 15) is 5.26 Å². The minimum Gasteiger partial charge on any atom is -0.265 e. The van der Waals surface area contributed by atoms with Crippen LogP contribution in [-0.4, -0.2) is 19.6 Å². The number of nitriles is 1. The van der Waals surface area contributed by atoms with Crippen molar-refractivity contribution in [3.05, 3.63) is 71.1 Å². The molecule has 0 aliphatic rings. The van der Waals surface area contributed by atoms with Crippen LogP contribution in [0.2, 0.25) is 5.15 Å². The molecule has 3 aromatic heterocycles. The summed E-state index contributed by atoms with van der Waals surface area (Å²) in [5, 5.41) is 14.6. The van der Waals surface area contributed by atoms with Crippen molar-refractivity contribution in [1.82, 2.24) is 19.6 Å². The summed E-state index contributed by atoms with van der Waals surface area (Å²) in [6, 6.07) is 15.6. The Labute approximate surface area is 149 Å². The molecule has 0 aliphatic heterocycles. The van der Waals surface area contributed by atoms with E-state index >= 15 is 0 Å². The van der Waals surface area contributed by atoms with Crippen LogP contribution in [0.15, 0.2) is 54.9 Å². The van der Waals surface area contributed by atoms with Crippen molar-refractivity contribution in [2.75, 3.05) is 0 Å². The molecule has 0 saturated heterocycles. The quantitative estimate of drug-likeness (QED) is 0.508. The Hall–Kier alpha value is -3.23. The summed E-state index contributed by atoms with van der Waals surface area (Å²) in [7, 11) is 0. The topological polar surface area (TPSA) is 66.9 Å². The second-order valence-electron chi connectivity index (χ2n) is 5.55. The molecule has 0 saturated carbocycles. The highest BCUT2D eigenvalue weighted by atomic mass is 35.5. The van der Waals surface area contributed by atoms with Gasteiger partial charge in [-0.3, -0.25) is 4.98 Å². The molecule has 1 aromatic carbocycles. The van der Waals surface area contributed by atoms with Crippen molar-refractivity contribution in [2.45, 2.75) is 6.92 Å². The van der Waals surface area contributed by atoms with Crippen molar-refractivity contribution in [1.29, 1.82) is 5.26 Å². The van der Waals surface area contributed by atoms with E-state index < -0.39 is 0 Å². The van der Waals surface area contributed by atoms with Crippen molar-refractivity contribution in [2.24, 2.45) is 0 Å². The first-order chi connectivity index (χ1) is 12.2. The summed E-state index contributed by atoms with van der Waals surface area (Å²) in [5.41, 5.74) is 4.26. The SMILES string of the molecule is Cc1c(-c2ccccc2)c(Cl)n2nc(-c3ccncc3)nc2c1C#N. The van der Waals surface area contributed by atoms with Crippen LogP contribution in [0.1, 0.15) is 11.1 Å². The smallest absolute Gasteiger partial charge is 0.182 e. The predicted molar refractivity (Wildman–Crippen MR) is 96.1 cm³/mol. The fourth-order valence-corrected chi connectivity index (χ4v) is 3.23. The third kappa shape index (κ3) is 2.44. The standard InChI is InChI=1S/C19H12ClN5/c1-12-15(11-21)19-23-18(14-7-9-22-10-8-14)24-25(19)17(20)16(12)13-5-3-2-4-6-13/h2-10H,1H3. The molecule has 0 aliphatic carbocycles. The Morgan fingerprint density at radius 1 is 1.04 bits per heavy atom. The van der Waals surface area contributed by atoms with Gasteiger partial charge in [0.1, 0.15) is 16.8 Å². The molecule has 120 valence electrons. The normalized spacial score (nSPS) is 10.8. The molecule has 6 heteroatoms. The summed E-state index contributed by atoms with van der Waals surface area (Å²) in [4.78, 5) is 8.53. The lowest BCUT2D eigenvalue weighted by Gasteiger charge is -2.11. The van der Waals surface area contributed by atoms with Crippen LogP contribution >= 0.6 is 11.6 Å². The average molecular weight is 346 g/mol. The Morgan fingerprint density at radius 2 is 1.76 bits per heavy atom. The van der Waals surface area contributed by atoms with E-state index in [1.54, 1.807) is 12.4 Å². The molecule has 4 rings (SSSR count). The number of pyridine rings is 2. The van der Waals surface area contributed by atoms with Crippen LogP contribution < -0.4 is 0 Å². The van der Waals surface area contributed by atoms with Crippen molar-refractivity contribution < 1.29 is 0 Å². The van der Waals surface area contributed by atoms with Gasteiger partial charge in [0.05, 0.1) is 0 Å². The molecule has 0 unspecified atom stereocenters. The summed E-state index contributed by atoms with van der Waals surface area (Å²) < 4.78 is 1.53. The van der Waals surface area contributed by atoms with E-state index in [-0.39, 0.29) is 0 Å². The average Bonchev–Trinajstić information content (AvgIpc) is 3.09. The Kier molecular flexibility index (Phi) is 3.68. The van der Waals surface area contributed by atoms with E-state index in [4.69, 9.17) is 11.6 Å². The minimum absolute atomic E-state index is 0.436. The number of rotatable bonds is 2. The zero-order valence-electron chi connectivity index (χ0n) is 13.3. The molecule has 3 heterocycles. The van der Waals surface area contributed by atoms with Gasteiger partial charge < -0.3 is 0 Å². The second kappa shape index (κ2) is 6.00. The maximum Gasteiger partial charge on any atom is 0.182 e. The molecule has 0 bridgehead atoms. The van der Waals surface area contributed by atoms with Gasteiger partial charge in [0.15, 0.2) is 11.5 Å². The molecule has 25 heavy (non-hydrogen) atoms. The Balaban J connectivity index is 2.06. The highest BCUT2D eigenvalue weighted by molar-refractivity contribution is 6.32. The maximum absolute atomic E-state index is 9.67. The van der Waals surface area contributed by atoms with Crippen LogP contribution in [0.3, 0.4) is 0 Å². The highest BCUT2D eigenvalue weighted by Crippen LogP contribution is 2.35. The molecule has 0 N–H and O–H groups in total. The van der Waals surface area contributed by atoms with E-state index in [0.717, 1.165) is 22.3 Å². The number of nitrogens with zero attached hydrogens (tertiary/aromatic N) is 5. The van der Waals surface area contributed by atoms with Crippen LogP contribution in [-0.2, 0) is 0 Å². The number of hydrogen-bond acceptors (Lipinski definition) is 4. The van der Waals surface area contributed by atoms with Crippen LogP contribution in [0, 0.1) is 18.3 Å². The molecule has 0 atom stereocenters. The largest absolute Gasteiger partial charge is 0.265 e. The number of aromatic nitrogens is 4. The number of halogens is 1. The number of fused-ring (bicyclic) bond motifs is 1. The van der Waals surface area contributed by atoms with Crippen molar-refractivity contribution >= 4 is 17.2 Å². The van der Waals surface area contributed by atoms with Gasteiger partial charge in [-0.1, -0.05) is 41.9 Å². The first kappa shape index (κ1) is 15.3. The molecule has 4 aromatic rings. The molecular weight excluding hydrogens is 334 g/mol. The maximum atomic E-state index is 9.67. The highest BCUT2D eigenvalue weighted by Gasteiger charge is 2.20. The number of benzene rings is 1. The molecular formula is C19H12ClN5. The van der Waals surface area contributed by atoms with Crippen molar-refractivity contribution in [3.8, 4) is 28.6 Å². The van der Waals surface area contributed by atoms with Gasteiger partial charge in [-0.15, -0.1) is 5.10 Å². The summed E-state index contributed by atoms with van der Waals surface area (Å²) in [5.74, 6) is 0.505. The second-order valence-corrected chi connectivity index (χ2v) is 5.91. The Morgan fingerprint density at radius 3 is 2.44 bits per heavy atom. The number of hydrogen-bond donors (Lipinski definition) is 0. The van der Waals surface area contributed by atoms with Gasteiger partial charge in [0.25, 0.3) is 0 Å². The summed E-state index contributed by atoms with van der Waals surface area (Å²) >= 11 is 6.65. The Bertz CT molecular complexity index is 1110. The fraction of sp³-hybridized carbons (Fsp3) is 0.0526. The first-order valence-electron chi connectivity index (χ1n) is 7.65. The van der Waals surface area contributed by atoms with Crippen molar-refractivity contribution in [3.63, 3.8) is 0 Å². The molecule has 0 fully saturated rings. The lowest BCUT2D eigenvalue weighted by molar-refractivity contribution is 0.962. The molecule has 0 amide bonds. The third-order valence-electron chi connectivity index (χ3n) is 4.09. The van der Waals surface area contributed by atoms with Gasteiger partial charge in [-0.05, 0) is 30.2 Å². The molecule has 0 radical (unpaired) electrons. The lowest BCUT2D eigenvalue weighted by Crippen LogP contribution is -2.00. The van der Waals surface area contributed by atoms with Gasteiger partial charge in [-0.2, -0.15) is 9.78 Å². The van der Waals surface area contributed by atoms with E-state index in [2.05, 4.69) is 21.1 Å². The van der Waals surface area contributed by atoms with Gasteiger partial charge in [0.2, 0.25) is 0 Å². The van der Waals surface area contributed by atoms with E-state index in [0.29, 0.717) is 22.2 Å². The predicted octanol–water partition coefficient (Wildman–Crippen LogP) is 4.29. The fourth-order valence-electron chi connectivity index (χ4n) is 2.86. The lowest BCUT2D eigenvalue weighted by atomic mass is 9.99. The van der Waals surface area contributed by atoms with E-state index in [1.807, 2.05) is 49.4 Å². The van der Waals surface area contributed by atoms with Gasteiger partial charge >= 0.3 is 0 Å². The minimum atomic E-state index is 0.436. The van der Waals surface area contributed by atoms with Crippen LogP contribution in [0.4, 0.5) is 0 Å².